The zero-order valence-corrected chi connectivity index (χ0v) is 17.6. The van der Waals surface area contributed by atoms with Crippen LogP contribution in [0, 0.1) is 0 Å². The van der Waals surface area contributed by atoms with E-state index in [1.165, 1.54) is 0 Å². The van der Waals surface area contributed by atoms with Crippen molar-refractivity contribution in [3.05, 3.63) is 71.8 Å². The average Bonchev–Trinajstić information content (AvgIpc) is 3.39. The maximum absolute atomic E-state index is 12.5. The van der Waals surface area contributed by atoms with Crippen LogP contribution in [-0.2, 0) is 10.5 Å². The summed E-state index contributed by atoms with van der Waals surface area (Å²) in [6, 6.07) is 13.1. The molecule has 0 bridgehead atoms. The third-order valence-corrected chi connectivity index (χ3v) is 5.79. The van der Waals surface area contributed by atoms with Gasteiger partial charge in [-0.15, -0.1) is 16.9 Å². The van der Waals surface area contributed by atoms with Crippen LogP contribution in [0.2, 0.25) is 0 Å². The first-order valence-corrected chi connectivity index (χ1v) is 10.9. The number of hydrogen-bond donors (Lipinski definition) is 1. The minimum atomic E-state index is -0.611. The van der Waals surface area contributed by atoms with Gasteiger partial charge in [0.15, 0.2) is 5.00 Å². The quantitative estimate of drug-likeness (QED) is 0.344. The van der Waals surface area contributed by atoms with E-state index in [1.807, 2.05) is 47.1 Å². The molecule has 4 rings (SSSR count). The zero-order valence-electron chi connectivity index (χ0n) is 15.9. The number of ether oxygens (including phenoxy) is 1. The largest absolute Gasteiger partial charge is 0.461 e. The van der Waals surface area contributed by atoms with Crippen LogP contribution in [0.15, 0.2) is 59.8 Å². The number of aromatic nitrogens is 4. The average molecular weight is 440 g/mol. The summed E-state index contributed by atoms with van der Waals surface area (Å²) in [5.41, 5.74) is 2.38. The van der Waals surface area contributed by atoms with Crippen LogP contribution in [0.3, 0.4) is 0 Å². The lowest BCUT2D eigenvalue weighted by Gasteiger charge is -2.05. The topological polar surface area (TPSA) is 98.5 Å². The lowest BCUT2D eigenvalue weighted by atomic mass is 10.2. The van der Waals surface area contributed by atoms with Crippen molar-refractivity contribution in [3.63, 3.8) is 0 Å². The van der Waals surface area contributed by atoms with E-state index in [1.54, 1.807) is 30.8 Å². The third-order valence-electron chi connectivity index (χ3n) is 4.10. The van der Waals surface area contributed by atoms with Gasteiger partial charge in [0.1, 0.15) is 5.65 Å². The molecule has 0 fully saturated rings. The van der Waals surface area contributed by atoms with Crippen LogP contribution >= 0.6 is 23.3 Å². The number of esters is 1. The third kappa shape index (κ3) is 4.50. The lowest BCUT2D eigenvalue weighted by Crippen LogP contribution is -2.14. The summed E-state index contributed by atoms with van der Waals surface area (Å²) in [4.78, 5) is 30.0. The molecule has 152 valence electrons. The first kappa shape index (κ1) is 20.0. The first-order valence-electron chi connectivity index (χ1n) is 9.10. The summed E-state index contributed by atoms with van der Waals surface area (Å²) in [7, 11) is 0. The molecular weight excluding hydrogens is 422 g/mol. The van der Waals surface area contributed by atoms with E-state index >= 15 is 0 Å². The van der Waals surface area contributed by atoms with Crippen molar-refractivity contribution in [2.75, 3.05) is 11.9 Å². The molecule has 0 saturated heterocycles. The maximum Gasteiger partial charge on any atom is 0.362 e. The molecule has 4 aromatic rings. The minimum Gasteiger partial charge on any atom is -0.461 e. The van der Waals surface area contributed by atoms with Crippen molar-refractivity contribution < 1.29 is 14.3 Å². The number of carbonyl (C=O) groups is 2. The highest BCUT2D eigenvalue weighted by Crippen LogP contribution is 2.24. The van der Waals surface area contributed by atoms with E-state index < -0.39 is 5.97 Å². The fourth-order valence-electron chi connectivity index (χ4n) is 2.70. The number of carbonyl (C=O) groups excluding carboxylic acids is 2. The smallest absolute Gasteiger partial charge is 0.362 e. The summed E-state index contributed by atoms with van der Waals surface area (Å²) in [6.07, 6.45) is 3.98. The van der Waals surface area contributed by atoms with Crippen molar-refractivity contribution in [1.82, 2.24) is 19.0 Å². The second-order valence-corrected chi connectivity index (χ2v) is 7.94. The molecule has 0 aliphatic rings. The normalized spacial score (nSPS) is 10.8. The second-order valence-electron chi connectivity index (χ2n) is 6.14. The van der Waals surface area contributed by atoms with E-state index in [0.29, 0.717) is 5.56 Å². The maximum atomic E-state index is 12.5. The van der Waals surface area contributed by atoms with Gasteiger partial charge in [0, 0.05) is 40.1 Å². The Kier molecular flexibility index (Phi) is 6.05. The highest BCUT2D eigenvalue weighted by Gasteiger charge is 2.20. The standard InChI is InChI=1S/C20H17N5O3S2/c1-2-28-20(27)17-19(30-24-23-17)22-18(26)13-6-8-15(9-7-13)29-12-14-11-25-10-4-3-5-16(25)21-14/h3-11H,2,12H2,1H3,(H,22,26). The molecule has 3 aromatic heterocycles. The summed E-state index contributed by atoms with van der Waals surface area (Å²) in [5.74, 6) is -0.230. The molecule has 0 unspecified atom stereocenters. The van der Waals surface area contributed by atoms with Crippen LogP contribution in [0.25, 0.3) is 5.65 Å². The summed E-state index contributed by atoms with van der Waals surface area (Å²) >= 11 is 2.57. The summed E-state index contributed by atoms with van der Waals surface area (Å²) < 4.78 is 10.6. The number of rotatable bonds is 7. The Balaban J connectivity index is 1.38. The van der Waals surface area contributed by atoms with Crippen LogP contribution in [0.4, 0.5) is 5.00 Å². The predicted molar refractivity (Wildman–Crippen MR) is 115 cm³/mol. The van der Waals surface area contributed by atoms with Gasteiger partial charge in [-0.1, -0.05) is 10.6 Å². The Morgan fingerprint density at radius 1 is 1.20 bits per heavy atom. The number of thioether (sulfide) groups is 1. The van der Waals surface area contributed by atoms with Gasteiger partial charge in [0.2, 0.25) is 5.69 Å². The van der Waals surface area contributed by atoms with Gasteiger partial charge in [-0.2, -0.15) is 0 Å². The number of pyridine rings is 1. The van der Waals surface area contributed by atoms with E-state index in [9.17, 15) is 9.59 Å². The number of amides is 1. The number of fused-ring (bicyclic) bond motifs is 1. The van der Waals surface area contributed by atoms with Crippen molar-refractivity contribution in [2.24, 2.45) is 0 Å². The molecule has 0 aliphatic heterocycles. The SMILES string of the molecule is CCOC(=O)c1nnsc1NC(=O)c1ccc(SCc2cn3ccccc3n2)cc1. The van der Waals surface area contributed by atoms with E-state index in [0.717, 1.165) is 33.5 Å². The molecular formula is C20H17N5O3S2. The molecule has 0 radical (unpaired) electrons. The minimum absolute atomic E-state index is 0.00910. The van der Waals surface area contributed by atoms with Crippen LogP contribution in [0.1, 0.15) is 33.5 Å². The van der Waals surface area contributed by atoms with E-state index in [4.69, 9.17) is 4.74 Å². The monoisotopic (exact) mass is 439 g/mol. The van der Waals surface area contributed by atoms with E-state index in [2.05, 4.69) is 19.9 Å². The first-order chi connectivity index (χ1) is 14.6. The van der Waals surface area contributed by atoms with Gasteiger partial charge in [0.05, 0.1) is 12.3 Å². The molecule has 0 spiro atoms. The molecule has 0 aliphatic carbocycles. The zero-order chi connectivity index (χ0) is 20.9. The highest BCUT2D eigenvalue weighted by molar-refractivity contribution is 7.98. The number of benzene rings is 1. The Morgan fingerprint density at radius 2 is 2.03 bits per heavy atom. The number of nitrogens with zero attached hydrogens (tertiary/aromatic N) is 4. The molecule has 0 saturated carbocycles. The Labute approximate surface area is 180 Å². The van der Waals surface area contributed by atoms with Crippen molar-refractivity contribution in [3.8, 4) is 0 Å². The van der Waals surface area contributed by atoms with Crippen LogP contribution in [-0.4, -0.2) is 37.5 Å². The molecule has 8 nitrogen and oxygen atoms in total. The van der Waals surface area contributed by atoms with Gasteiger partial charge >= 0.3 is 5.97 Å². The van der Waals surface area contributed by atoms with Gasteiger partial charge < -0.3 is 14.5 Å². The highest BCUT2D eigenvalue weighted by atomic mass is 32.2. The van der Waals surface area contributed by atoms with Crippen LogP contribution < -0.4 is 5.32 Å². The Bertz CT molecular complexity index is 1150. The summed E-state index contributed by atoms with van der Waals surface area (Å²) in [6.45, 7) is 1.92. The number of hydrogen-bond acceptors (Lipinski definition) is 8. The number of anilines is 1. The molecule has 30 heavy (non-hydrogen) atoms. The molecule has 1 aromatic carbocycles. The lowest BCUT2D eigenvalue weighted by molar-refractivity contribution is 0.0520. The fraction of sp³-hybridized carbons (Fsp3) is 0.150. The predicted octanol–water partition coefficient (Wildman–Crippen LogP) is 3.91. The number of imidazole rings is 1. The molecule has 10 heteroatoms. The Hall–Kier alpha value is -3.24. The van der Waals surface area contributed by atoms with Gasteiger partial charge in [-0.3, -0.25) is 4.79 Å². The van der Waals surface area contributed by atoms with Gasteiger partial charge in [-0.05, 0) is 43.3 Å². The molecule has 0 atom stereocenters. The van der Waals surface area contributed by atoms with Crippen LogP contribution in [0.5, 0.6) is 0 Å². The number of nitrogens with one attached hydrogen (secondary N) is 1. The molecule has 3 heterocycles. The van der Waals surface area contributed by atoms with E-state index in [-0.39, 0.29) is 23.2 Å². The van der Waals surface area contributed by atoms with Crippen molar-refractivity contribution >= 4 is 45.8 Å². The van der Waals surface area contributed by atoms with Gasteiger partial charge in [0.25, 0.3) is 5.91 Å². The van der Waals surface area contributed by atoms with Gasteiger partial charge in [-0.25, -0.2) is 9.78 Å². The molecule has 1 amide bonds. The van der Waals surface area contributed by atoms with Crippen molar-refractivity contribution in [1.29, 1.82) is 0 Å². The summed E-state index contributed by atoms with van der Waals surface area (Å²) in [5, 5.41) is 6.67. The molecule has 1 N–H and O–H groups in total. The second kappa shape index (κ2) is 9.06. The van der Waals surface area contributed by atoms with Crippen molar-refractivity contribution in [2.45, 2.75) is 17.6 Å². The Morgan fingerprint density at radius 3 is 2.80 bits per heavy atom. The fourth-order valence-corrected chi connectivity index (χ4v) is 4.03.